The smallest absolute Gasteiger partial charge is 0.249 e. The predicted octanol–water partition coefficient (Wildman–Crippen LogP) is 3.54. The van der Waals surface area contributed by atoms with Gasteiger partial charge in [0, 0.05) is 17.3 Å². The molecule has 0 saturated heterocycles. The number of carbonyl (C=O) groups excluding carboxylic acids is 2. The lowest BCUT2D eigenvalue weighted by Crippen LogP contribution is -2.29. The van der Waals surface area contributed by atoms with Crippen LogP contribution in [0.4, 0.5) is 5.69 Å². The molecule has 0 radical (unpaired) electrons. The molecule has 0 fully saturated rings. The number of methoxy groups -OCH3 is 2. The average Bonchev–Trinajstić information content (AvgIpc) is 2.73. The summed E-state index contributed by atoms with van der Waals surface area (Å²) in [7, 11) is 3.00. The van der Waals surface area contributed by atoms with Crippen LogP contribution >= 0.6 is 0 Å². The molecule has 0 aromatic heterocycles. The molecule has 0 aliphatic heterocycles. The highest BCUT2D eigenvalue weighted by atomic mass is 16.5. The first kappa shape index (κ1) is 19.4. The SMILES string of the molecule is COc1ccc(NC(=O)C(C#N)C(=O)c2ccc3c(c2)CCCC3)cc1OC. The Morgan fingerprint density at radius 1 is 1.00 bits per heavy atom. The number of benzene rings is 2. The minimum absolute atomic E-state index is 0.398. The van der Waals surface area contributed by atoms with Gasteiger partial charge in [-0.15, -0.1) is 0 Å². The summed E-state index contributed by atoms with van der Waals surface area (Å²) in [6.45, 7) is 0. The van der Waals surface area contributed by atoms with Gasteiger partial charge in [0.2, 0.25) is 5.91 Å². The number of aryl methyl sites for hydroxylation is 2. The van der Waals surface area contributed by atoms with Gasteiger partial charge in [-0.05, 0) is 55.0 Å². The number of hydrogen-bond acceptors (Lipinski definition) is 5. The molecule has 1 atom stereocenters. The number of hydrogen-bond donors (Lipinski definition) is 1. The maximum Gasteiger partial charge on any atom is 0.249 e. The van der Waals surface area contributed by atoms with Gasteiger partial charge in [-0.25, -0.2) is 0 Å². The molecule has 1 unspecified atom stereocenters. The molecule has 0 saturated carbocycles. The zero-order valence-corrected chi connectivity index (χ0v) is 16.0. The standard InChI is InChI=1S/C22H22N2O4/c1-27-19-10-9-17(12-20(19)28-2)24-22(26)18(13-23)21(25)16-8-7-14-5-3-4-6-15(14)11-16/h7-12,18H,3-6H2,1-2H3,(H,24,26). The van der Waals surface area contributed by atoms with Crippen LogP contribution < -0.4 is 14.8 Å². The van der Waals surface area contributed by atoms with Gasteiger partial charge in [0.15, 0.2) is 23.2 Å². The molecule has 1 amide bonds. The molecule has 3 rings (SSSR count). The predicted molar refractivity (Wildman–Crippen MR) is 105 cm³/mol. The van der Waals surface area contributed by atoms with Crippen molar-refractivity contribution in [1.82, 2.24) is 0 Å². The van der Waals surface area contributed by atoms with Gasteiger partial charge in [-0.2, -0.15) is 5.26 Å². The van der Waals surface area contributed by atoms with Crippen LogP contribution in [0.2, 0.25) is 0 Å². The lowest BCUT2D eigenvalue weighted by atomic mass is 9.88. The molecule has 0 spiro atoms. The van der Waals surface area contributed by atoms with Gasteiger partial charge in [-0.1, -0.05) is 12.1 Å². The van der Waals surface area contributed by atoms with Crippen LogP contribution in [0.1, 0.15) is 34.3 Å². The zero-order valence-electron chi connectivity index (χ0n) is 16.0. The van der Waals surface area contributed by atoms with Gasteiger partial charge in [0.05, 0.1) is 20.3 Å². The van der Waals surface area contributed by atoms with Crippen molar-refractivity contribution in [3.8, 4) is 17.6 Å². The number of carbonyl (C=O) groups is 2. The van der Waals surface area contributed by atoms with Gasteiger partial charge in [-0.3, -0.25) is 9.59 Å². The minimum atomic E-state index is -1.42. The third-order valence-corrected chi connectivity index (χ3v) is 4.94. The second-order valence-electron chi connectivity index (χ2n) is 6.68. The van der Waals surface area contributed by atoms with E-state index in [9.17, 15) is 14.9 Å². The minimum Gasteiger partial charge on any atom is -0.493 e. The first-order valence-corrected chi connectivity index (χ1v) is 9.16. The molecule has 1 aliphatic rings. The lowest BCUT2D eigenvalue weighted by molar-refractivity contribution is -0.117. The van der Waals surface area contributed by atoms with Gasteiger partial charge >= 0.3 is 0 Å². The van der Waals surface area contributed by atoms with Gasteiger partial charge < -0.3 is 14.8 Å². The number of nitrogens with zero attached hydrogens (tertiary/aromatic N) is 1. The molecule has 2 aromatic rings. The van der Waals surface area contributed by atoms with Crippen LogP contribution in [0.3, 0.4) is 0 Å². The number of nitrogens with one attached hydrogen (secondary N) is 1. The number of anilines is 1. The van der Waals surface area contributed by atoms with Crippen molar-refractivity contribution in [3.63, 3.8) is 0 Å². The summed E-state index contributed by atoms with van der Waals surface area (Å²) in [6, 6.07) is 12.1. The van der Waals surface area contributed by atoms with Crippen molar-refractivity contribution in [3.05, 3.63) is 53.1 Å². The Bertz CT molecular complexity index is 946. The van der Waals surface area contributed by atoms with Crippen molar-refractivity contribution in [2.45, 2.75) is 25.7 Å². The molecule has 144 valence electrons. The van der Waals surface area contributed by atoms with E-state index in [4.69, 9.17) is 9.47 Å². The summed E-state index contributed by atoms with van der Waals surface area (Å²) >= 11 is 0. The quantitative estimate of drug-likeness (QED) is 0.613. The highest BCUT2D eigenvalue weighted by Gasteiger charge is 2.28. The van der Waals surface area contributed by atoms with E-state index in [-0.39, 0.29) is 0 Å². The van der Waals surface area contributed by atoms with E-state index in [1.165, 1.54) is 19.8 Å². The van der Waals surface area contributed by atoms with E-state index in [2.05, 4.69) is 5.32 Å². The zero-order chi connectivity index (χ0) is 20.1. The normalized spacial score (nSPS) is 13.6. The van der Waals surface area contributed by atoms with Crippen molar-refractivity contribution in [2.24, 2.45) is 5.92 Å². The highest BCUT2D eigenvalue weighted by Crippen LogP contribution is 2.30. The number of fused-ring (bicyclic) bond motifs is 1. The van der Waals surface area contributed by atoms with Crippen LogP contribution in [0.15, 0.2) is 36.4 Å². The first-order chi connectivity index (χ1) is 13.6. The van der Waals surface area contributed by atoms with Crippen molar-refractivity contribution < 1.29 is 19.1 Å². The second-order valence-corrected chi connectivity index (χ2v) is 6.68. The third-order valence-electron chi connectivity index (χ3n) is 4.94. The lowest BCUT2D eigenvalue weighted by Gasteiger charge is -2.17. The van der Waals surface area contributed by atoms with Crippen LogP contribution in [0.5, 0.6) is 11.5 Å². The van der Waals surface area contributed by atoms with E-state index in [0.717, 1.165) is 31.2 Å². The van der Waals surface area contributed by atoms with Gasteiger partial charge in [0.25, 0.3) is 0 Å². The molecular weight excluding hydrogens is 356 g/mol. The fraction of sp³-hybridized carbons (Fsp3) is 0.318. The van der Waals surface area contributed by atoms with Crippen molar-refractivity contribution in [1.29, 1.82) is 5.26 Å². The Hall–Kier alpha value is -3.33. The Morgan fingerprint density at radius 2 is 1.71 bits per heavy atom. The summed E-state index contributed by atoms with van der Waals surface area (Å²) in [5.41, 5.74) is 3.19. The third kappa shape index (κ3) is 3.99. The second kappa shape index (κ2) is 8.57. The van der Waals surface area contributed by atoms with E-state index in [0.29, 0.717) is 22.7 Å². The Labute approximate surface area is 164 Å². The number of ether oxygens (including phenoxy) is 2. The van der Waals surface area contributed by atoms with Crippen LogP contribution in [-0.4, -0.2) is 25.9 Å². The maximum atomic E-state index is 12.8. The number of ketones is 1. The summed E-state index contributed by atoms with van der Waals surface area (Å²) in [5.74, 6) is -1.63. The number of Topliss-reactive ketones (excluding diaryl/α,β-unsaturated/α-hetero) is 1. The molecule has 0 bridgehead atoms. The fourth-order valence-corrected chi connectivity index (χ4v) is 3.42. The summed E-state index contributed by atoms with van der Waals surface area (Å²) in [5, 5.41) is 12.1. The molecule has 1 N–H and O–H groups in total. The van der Waals surface area contributed by atoms with E-state index in [1.54, 1.807) is 24.3 Å². The Balaban J connectivity index is 1.78. The summed E-state index contributed by atoms with van der Waals surface area (Å²) in [6.07, 6.45) is 4.16. The average molecular weight is 378 g/mol. The first-order valence-electron chi connectivity index (χ1n) is 9.16. The van der Waals surface area contributed by atoms with E-state index >= 15 is 0 Å². The van der Waals surface area contributed by atoms with Crippen molar-refractivity contribution in [2.75, 3.05) is 19.5 Å². The van der Waals surface area contributed by atoms with Crippen molar-refractivity contribution >= 4 is 17.4 Å². The molecule has 0 heterocycles. The Morgan fingerprint density at radius 3 is 2.39 bits per heavy atom. The molecule has 2 aromatic carbocycles. The molecular formula is C22H22N2O4. The molecule has 6 heteroatoms. The summed E-state index contributed by atoms with van der Waals surface area (Å²) < 4.78 is 10.4. The van der Waals surface area contributed by atoms with Crippen LogP contribution in [0, 0.1) is 17.2 Å². The fourth-order valence-electron chi connectivity index (χ4n) is 3.42. The molecule has 6 nitrogen and oxygen atoms in total. The Kier molecular flexibility index (Phi) is 5.95. The molecule has 1 aliphatic carbocycles. The summed E-state index contributed by atoms with van der Waals surface area (Å²) in [4.78, 5) is 25.4. The monoisotopic (exact) mass is 378 g/mol. The largest absolute Gasteiger partial charge is 0.493 e. The van der Waals surface area contributed by atoms with E-state index < -0.39 is 17.6 Å². The highest BCUT2D eigenvalue weighted by molar-refractivity contribution is 6.15. The number of amides is 1. The number of nitriles is 1. The molecule has 28 heavy (non-hydrogen) atoms. The van der Waals surface area contributed by atoms with Crippen LogP contribution in [-0.2, 0) is 17.6 Å². The van der Waals surface area contributed by atoms with Gasteiger partial charge in [0.1, 0.15) is 0 Å². The van der Waals surface area contributed by atoms with E-state index in [1.807, 2.05) is 18.2 Å². The number of rotatable bonds is 6. The van der Waals surface area contributed by atoms with Crippen LogP contribution in [0.25, 0.3) is 0 Å². The topological polar surface area (TPSA) is 88.4 Å². The maximum absolute atomic E-state index is 12.8.